The van der Waals surface area contributed by atoms with Crippen LogP contribution in [0.5, 0.6) is 0 Å². The zero-order chi connectivity index (χ0) is 19.4. The van der Waals surface area contributed by atoms with Crippen LogP contribution in [0.3, 0.4) is 0 Å². The fraction of sp³-hybridized carbons (Fsp3) is 0.526. The number of carbonyl (C=O) groups excluding carboxylic acids is 2. The lowest BCUT2D eigenvalue weighted by molar-refractivity contribution is -0.125. The van der Waals surface area contributed by atoms with E-state index in [1.54, 1.807) is 6.07 Å². The van der Waals surface area contributed by atoms with Crippen LogP contribution in [0.1, 0.15) is 36.3 Å². The second-order valence-electron chi connectivity index (χ2n) is 6.96. The quantitative estimate of drug-likeness (QED) is 0.758. The van der Waals surface area contributed by atoms with Crippen molar-refractivity contribution in [1.29, 1.82) is 0 Å². The predicted molar refractivity (Wildman–Crippen MR) is 97.8 cm³/mol. The highest BCUT2D eigenvalue weighted by Crippen LogP contribution is 2.22. The van der Waals surface area contributed by atoms with Gasteiger partial charge in [0.25, 0.3) is 0 Å². The number of aryl methyl sites for hydroxylation is 2. The van der Waals surface area contributed by atoms with Crippen LogP contribution in [-0.4, -0.2) is 47.0 Å². The lowest BCUT2D eigenvalue weighted by Gasteiger charge is -2.22. The van der Waals surface area contributed by atoms with Crippen molar-refractivity contribution in [3.05, 3.63) is 41.2 Å². The standard InChI is InChI=1S/C19H26N4O4/c1-4-20-19(25)17-8-14(10-23(17)11-15-6-5-13(3)26-15)21-18(24)9-16-7-12(2)22-27-16/h5-7,14,17H,4,8-11H2,1-3H3,(H,20,25)(H,21,24)/t14-,17-/m0/s1. The highest BCUT2D eigenvalue weighted by molar-refractivity contribution is 5.83. The minimum absolute atomic E-state index is 0.0246. The molecule has 1 aliphatic heterocycles. The van der Waals surface area contributed by atoms with Crippen molar-refractivity contribution in [3.63, 3.8) is 0 Å². The Kier molecular flexibility index (Phi) is 5.95. The first-order valence-electron chi connectivity index (χ1n) is 9.23. The van der Waals surface area contributed by atoms with E-state index in [0.717, 1.165) is 17.2 Å². The van der Waals surface area contributed by atoms with E-state index >= 15 is 0 Å². The predicted octanol–water partition coefficient (Wildman–Crippen LogP) is 1.32. The number of aromatic nitrogens is 1. The number of likely N-dealkylation sites (N-methyl/N-ethyl adjacent to an activating group) is 1. The van der Waals surface area contributed by atoms with E-state index in [1.807, 2.05) is 37.8 Å². The molecule has 0 aliphatic carbocycles. The van der Waals surface area contributed by atoms with Crippen molar-refractivity contribution in [1.82, 2.24) is 20.7 Å². The van der Waals surface area contributed by atoms with E-state index in [-0.39, 0.29) is 30.3 Å². The molecule has 1 fully saturated rings. The number of nitrogens with zero attached hydrogens (tertiary/aromatic N) is 2. The summed E-state index contributed by atoms with van der Waals surface area (Å²) in [5.74, 6) is 2.02. The molecule has 1 aliphatic rings. The van der Waals surface area contributed by atoms with Crippen molar-refractivity contribution < 1.29 is 18.5 Å². The Balaban J connectivity index is 1.62. The summed E-state index contributed by atoms with van der Waals surface area (Å²) in [4.78, 5) is 26.8. The van der Waals surface area contributed by atoms with Crippen molar-refractivity contribution >= 4 is 11.8 Å². The molecule has 3 heterocycles. The van der Waals surface area contributed by atoms with E-state index < -0.39 is 0 Å². The molecule has 8 nitrogen and oxygen atoms in total. The molecule has 1 saturated heterocycles. The maximum Gasteiger partial charge on any atom is 0.237 e. The van der Waals surface area contributed by atoms with Gasteiger partial charge in [0.05, 0.1) is 24.7 Å². The molecule has 2 atom stereocenters. The topological polar surface area (TPSA) is 101 Å². The summed E-state index contributed by atoms with van der Waals surface area (Å²) in [6.07, 6.45) is 0.702. The molecular weight excluding hydrogens is 348 g/mol. The molecule has 2 amide bonds. The second kappa shape index (κ2) is 8.39. The third-order valence-corrected chi connectivity index (χ3v) is 4.59. The average Bonchev–Trinajstić information content (AvgIpc) is 3.29. The Labute approximate surface area is 158 Å². The van der Waals surface area contributed by atoms with Gasteiger partial charge in [0.2, 0.25) is 11.8 Å². The summed E-state index contributed by atoms with van der Waals surface area (Å²) in [7, 11) is 0. The molecular formula is C19H26N4O4. The van der Waals surface area contributed by atoms with Gasteiger partial charge in [-0.25, -0.2) is 0 Å². The van der Waals surface area contributed by atoms with Crippen LogP contribution < -0.4 is 10.6 Å². The number of amides is 2. The molecule has 2 N–H and O–H groups in total. The normalized spacial score (nSPS) is 20.0. The molecule has 2 aromatic rings. The average molecular weight is 374 g/mol. The fourth-order valence-corrected chi connectivity index (χ4v) is 3.45. The van der Waals surface area contributed by atoms with Gasteiger partial charge in [-0.3, -0.25) is 14.5 Å². The largest absolute Gasteiger partial charge is 0.465 e. The molecule has 0 bridgehead atoms. The highest BCUT2D eigenvalue weighted by Gasteiger charge is 2.37. The van der Waals surface area contributed by atoms with Gasteiger partial charge < -0.3 is 19.6 Å². The number of hydrogen-bond donors (Lipinski definition) is 2. The van der Waals surface area contributed by atoms with Gasteiger partial charge >= 0.3 is 0 Å². The second-order valence-corrected chi connectivity index (χ2v) is 6.96. The molecule has 0 spiro atoms. The maximum atomic E-state index is 12.5. The van der Waals surface area contributed by atoms with Gasteiger partial charge in [-0.15, -0.1) is 0 Å². The number of furan rings is 1. The van der Waals surface area contributed by atoms with Gasteiger partial charge in [0.1, 0.15) is 17.3 Å². The van der Waals surface area contributed by atoms with E-state index in [4.69, 9.17) is 8.94 Å². The molecule has 3 rings (SSSR count). The van der Waals surface area contributed by atoms with Crippen LogP contribution in [0.25, 0.3) is 0 Å². The van der Waals surface area contributed by atoms with E-state index in [9.17, 15) is 9.59 Å². The van der Waals surface area contributed by atoms with Gasteiger partial charge in [-0.1, -0.05) is 5.16 Å². The summed E-state index contributed by atoms with van der Waals surface area (Å²) in [6.45, 7) is 7.29. The van der Waals surface area contributed by atoms with Crippen LogP contribution >= 0.6 is 0 Å². The molecule has 0 unspecified atom stereocenters. The van der Waals surface area contributed by atoms with E-state index in [1.165, 1.54) is 0 Å². The summed E-state index contributed by atoms with van der Waals surface area (Å²) < 4.78 is 10.7. The van der Waals surface area contributed by atoms with Crippen molar-refractivity contribution in [2.75, 3.05) is 13.1 Å². The Hall–Kier alpha value is -2.61. The minimum atomic E-state index is -0.298. The molecule has 0 radical (unpaired) electrons. The molecule has 146 valence electrons. The van der Waals surface area contributed by atoms with Gasteiger partial charge in [0, 0.05) is 25.2 Å². The maximum absolute atomic E-state index is 12.5. The van der Waals surface area contributed by atoms with Crippen molar-refractivity contribution in [2.45, 2.75) is 52.2 Å². The summed E-state index contributed by atoms with van der Waals surface area (Å²) in [5.41, 5.74) is 0.745. The molecule has 27 heavy (non-hydrogen) atoms. The number of nitrogens with one attached hydrogen (secondary N) is 2. The Bertz CT molecular complexity index is 797. The fourth-order valence-electron chi connectivity index (χ4n) is 3.45. The van der Waals surface area contributed by atoms with Gasteiger partial charge in [0.15, 0.2) is 0 Å². The number of rotatable bonds is 7. The lowest BCUT2D eigenvalue weighted by Crippen LogP contribution is -2.42. The minimum Gasteiger partial charge on any atom is -0.465 e. The van der Waals surface area contributed by atoms with Crippen LogP contribution in [0.2, 0.25) is 0 Å². The molecule has 8 heteroatoms. The monoisotopic (exact) mass is 374 g/mol. The van der Waals surface area contributed by atoms with Crippen LogP contribution in [-0.2, 0) is 22.6 Å². The number of carbonyl (C=O) groups is 2. The first kappa shape index (κ1) is 19.2. The van der Waals surface area contributed by atoms with Crippen molar-refractivity contribution in [2.24, 2.45) is 0 Å². The molecule has 2 aromatic heterocycles. The Morgan fingerprint density at radius 1 is 1.30 bits per heavy atom. The van der Waals surface area contributed by atoms with Crippen LogP contribution in [0.4, 0.5) is 0 Å². The molecule has 0 saturated carbocycles. The van der Waals surface area contributed by atoms with E-state index in [0.29, 0.717) is 31.8 Å². The summed E-state index contributed by atoms with van der Waals surface area (Å²) >= 11 is 0. The third kappa shape index (κ3) is 4.97. The number of hydrogen-bond acceptors (Lipinski definition) is 6. The van der Waals surface area contributed by atoms with Crippen LogP contribution in [0, 0.1) is 13.8 Å². The third-order valence-electron chi connectivity index (χ3n) is 4.59. The zero-order valence-corrected chi connectivity index (χ0v) is 15.9. The Morgan fingerprint density at radius 2 is 2.11 bits per heavy atom. The van der Waals surface area contributed by atoms with Crippen molar-refractivity contribution in [3.8, 4) is 0 Å². The smallest absolute Gasteiger partial charge is 0.237 e. The van der Waals surface area contributed by atoms with Crippen LogP contribution in [0.15, 0.2) is 27.1 Å². The first-order chi connectivity index (χ1) is 12.9. The summed E-state index contributed by atoms with van der Waals surface area (Å²) in [5, 5.41) is 9.67. The van der Waals surface area contributed by atoms with Gasteiger partial charge in [-0.2, -0.15) is 0 Å². The van der Waals surface area contributed by atoms with Gasteiger partial charge in [-0.05, 0) is 39.3 Å². The SMILES string of the molecule is CCNC(=O)[C@@H]1C[C@H](NC(=O)Cc2cc(C)no2)CN1Cc1ccc(C)o1. The Morgan fingerprint density at radius 3 is 2.74 bits per heavy atom. The highest BCUT2D eigenvalue weighted by atomic mass is 16.5. The van der Waals surface area contributed by atoms with E-state index in [2.05, 4.69) is 15.8 Å². The summed E-state index contributed by atoms with van der Waals surface area (Å²) in [6, 6.07) is 5.17. The lowest BCUT2D eigenvalue weighted by atomic mass is 10.1. The zero-order valence-electron chi connectivity index (χ0n) is 15.9. The number of likely N-dealkylation sites (tertiary alicyclic amines) is 1. The molecule has 0 aromatic carbocycles. The first-order valence-corrected chi connectivity index (χ1v) is 9.23.